The van der Waals surface area contributed by atoms with E-state index in [4.69, 9.17) is 0 Å². The molecule has 0 aromatic rings. The predicted molar refractivity (Wildman–Crippen MR) is 80.1 cm³/mol. The van der Waals surface area contributed by atoms with E-state index in [-0.39, 0.29) is 0 Å². The fourth-order valence-electron chi connectivity index (χ4n) is 1.82. The Kier molecular flexibility index (Phi) is 15.0. The van der Waals surface area contributed by atoms with E-state index < -0.39 is 0 Å². The van der Waals surface area contributed by atoms with Gasteiger partial charge in [0, 0.05) is 0 Å². The molecule has 0 unspecified atom stereocenters. The van der Waals surface area contributed by atoms with Crippen molar-refractivity contribution in [1.29, 1.82) is 0 Å². The number of hydrogen-bond acceptors (Lipinski definition) is 0. The lowest BCUT2D eigenvalue weighted by atomic mass is 10.1. The van der Waals surface area contributed by atoms with Crippen LogP contribution in [0.2, 0.25) is 0 Å². The smallest absolute Gasteiger partial charge is 0.0316 e. The van der Waals surface area contributed by atoms with E-state index in [0.29, 0.717) is 0 Å². The zero-order valence-corrected chi connectivity index (χ0v) is 11.8. The maximum Gasteiger partial charge on any atom is -0.0316 e. The molecule has 0 atom stereocenters. The van der Waals surface area contributed by atoms with Gasteiger partial charge in [-0.05, 0) is 38.5 Å². The summed E-state index contributed by atoms with van der Waals surface area (Å²) in [5.74, 6) is 0. The van der Waals surface area contributed by atoms with Crippen molar-refractivity contribution in [2.24, 2.45) is 0 Å². The minimum atomic E-state index is 1.02. The van der Waals surface area contributed by atoms with E-state index in [9.17, 15) is 0 Å². The maximum absolute atomic E-state index is 3.81. The van der Waals surface area contributed by atoms with Crippen LogP contribution in [0.3, 0.4) is 0 Å². The molecule has 0 aliphatic carbocycles. The molecule has 0 N–H and O–H groups in total. The van der Waals surface area contributed by atoms with E-state index in [0.717, 1.165) is 12.8 Å². The van der Waals surface area contributed by atoms with Crippen molar-refractivity contribution >= 4 is 0 Å². The van der Waals surface area contributed by atoms with Gasteiger partial charge in [-0.25, -0.2) is 0 Å². The van der Waals surface area contributed by atoms with Gasteiger partial charge in [0.1, 0.15) is 0 Å². The summed E-state index contributed by atoms with van der Waals surface area (Å²) in [7, 11) is 0. The van der Waals surface area contributed by atoms with Crippen molar-refractivity contribution in [3.63, 3.8) is 0 Å². The fraction of sp³-hybridized carbons (Fsp3) is 0.706. The Bertz CT molecular complexity index is 176. The Hall–Kier alpha value is -0.520. The largest absolute Gasteiger partial charge is 0.0885 e. The summed E-state index contributed by atoms with van der Waals surface area (Å²) in [6.07, 6.45) is 23.4. The van der Waals surface area contributed by atoms with Crippen LogP contribution in [0.15, 0.2) is 24.3 Å². The summed E-state index contributed by atoms with van der Waals surface area (Å²) in [5.41, 5.74) is 0. The Labute approximate surface area is 109 Å². The summed E-state index contributed by atoms with van der Waals surface area (Å²) >= 11 is 0. The van der Waals surface area contributed by atoms with Gasteiger partial charge in [0.2, 0.25) is 0 Å². The van der Waals surface area contributed by atoms with Crippen LogP contribution in [0, 0.1) is 6.92 Å². The summed E-state index contributed by atoms with van der Waals surface area (Å²) in [4.78, 5) is 0. The first kappa shape index (κ1) is 16.5. The van der Waals surface area contributed by atoms with Crippen LogP contribution in [-0.4, -0.2) is 0 Å². The second-order valence-electron chi connectivity index (χ2n) is 4.72. The third-order valence-corrected chi connectivity index (χ3v) is 2.93. The Balaban J connectivity index is 3.09. The number of allylic oxidation sites excluding steroid dienone is 4. The minimum absolute atomic E-state index is 1.02. The van der Waals surface area contributed by atoms with E-state index in [1.54, 1.807) is 0 Å². The lowest BCUT2D eigenvalue weighted by molar-refractivity contribution is 0.611. The van der Waals surface area contributed by atoms with Gasteiger partial charge in [0.05, 0.1) is 0 Å². The maximum atomic E-state index is 3.81. The van der Waals surface area contributed by atoms with Gasteiger partial charge in [-0.3, -0.25) is 0 Å². The molecular formula is C17H31. The molecule has 0 nitrogen and oxygen atoms in total. The van der Waals surface area contributed by atoms with Crippen LogP contribution in [0.1, 0.15) is 77.6 Å². The highest BCUT2D eigenvalue weighted by Gasteiger charge is 1.87. The van der Waals surface area contributed by atoms with Crippen molar-refractivity contribution in [3.05, 3.63) is 31.2 Å². The van der Waals surface area contributed by atoms with Gasteiger partial charge in [-0.15, -0.1) is 0 Å². The van der Waals surface area contributed by atoms with Crippen molar-refractivity contribution in [1.82, 2.24) is 0 Å². The highest BCUT2D eigenvalue weighted by atomic mass is 13.9. The molecule has 0 saturated carbocycles. The van der Waals surface area contributed by atoms with E-state index in [1.807, 2.05) is 0 Å². The summed E-state index contributed by atoms with van der Waals surface area (Å²) < 4.78 is 0. The highest BCUT2D eigenvalue weighted by Crippen LogP contribution is 2.07. The number of unbranched alkanes of at least 4 members (excludes halogenated alkanes) is 8. The summed E-state index contributed by atoms with van der Waals surface area (Å²) in [5, 5.41) is 0. The molecule has 0 aliphatic rings. The van der Waals surface area contributed by atoms with Crippen LogP contribution in [-0.2, 0) is 0 Å². The van der Waals surface area contributed by atoms with Crippen LogP contribution in [0.4, 0.5) is 0 Å². The van der Waals surface area contributed by atoms with Crippen molar-refractivity contribution in [2.75, 3.05) is 0 Å². The normalized spacial score (nSPS) is 11.9. The molecule has 0 fully saturated rings. The van der Waals surface area contributed by atoms with Crippen LogP contribution in [0.25, 0.3) is 0 Å². The van der Waals surface area contributed by atoms with Gasteiger partial charge in [-0.1, -0.05) is 70.3 Å². The molecule has 0 heterocycles. The molecule has 17 heavy (non-hydrogen) atoms. The lowest BCUT2D eigenvalue weighted by Gasteiger charge is -1.97. The van der Waals surface area contributed by atoms with E-state index in [2.05, 4.69) is 38.2 Å². The molecule has 0 aromatic carbocycles. The van der Waals surface area contributed by atoms with Gasteiger partial charge in [-0.2, -0.15) is 0 Å². The molecule has 0 amide bonds. The zero-order chi connectivity index (χ0) is 12.6. The van der Waals surface area contributed by atoms with Gasteiger partial charge < -0.3 is 0 Å². The first-order valence-corrected chi connectivity index (χ1v) is 7.51. The standard InChI is InChI=1S/C17H31/c1-3-5-7-9-11-13-15-17-16-14-12-10-8-6-4-2/h7,9,15,17H,1,3-6,8,10-14,16H2,2H3. The van der Waals surface area contributed by atoms with E-state index >= 15 is 0 Å². The Morgan fingerprint density at radius 2 is 1.18 bits per heavy atom. The quantitative estimate of drug-likeness (QED) is 0.277. The molecule has 0 spiro atoms. The van der Waals surface area contributed by atoms with Crippen LogP contribution in [0.5, 0.6) is 0 Å². The minimum Gasteiger partial charge on any atom is -0.0885 e. The monoisotopic (exact) mass is 235 g/mol. The highest BCUT2D eigenvalue weighted by molar-refractivity contribution is 4.88. The average Bonchev–Trinajstić information content (AvgIpc) is 2.35. The zero-order valence-electron chi connectivity index (χ0n) is 11.8. The van der Waals surface area contributed by atoms with Gasteiger partial charge in [0.15, 0.2) is 0 Å². The topological polar surface area (TPSA) is 0 Å². The fourth-order valence-corrected chi connectivity index (χ4v) is 1.82. The lowest BCUT2D eigenvalue weighted by Crippen LogP contribution is -1.77. The van der Waals surface area contributed by atoms with Crippen LogP contribution < -0.4 is 0 Å². The first-order chi connectivity index (χ1) is 8.41. The second-order valence-corrected chi connectivity index (χ2v) is 4.72. The molecule has 0 rings (SSSR count). The van der Waals surface area contributed by atoms with Crippen LogP contribution >= 0.6 is 0 Å². The average molecular weight is 235 g/mol. The predicted octanol–water partition coefficient (Wildman–Crippen LogP) is 6.24. The molecule has 0 aliphatic heterocycles. The van der Waals surface area contributed by atoms with Crippen molar-refractivity contribution in [3.8, 4) is 0 Å². The number of rotatable bonds is 12. The molecule has 0 saturated heterocycles. The second kappa shape index (κ2) is 15.5. The van der Waals surface area contributed by atoms with Gasteiger partial charge >= 0.3 is 0 Å². The van der Waals surface area contributed by atoms with Crippen molar-refractivity contribution in [2.45, 2.75) is 77.6 Å². The molecule has 0 aromatic heterocycles. The molecule has 1 radical (unpaired) electrons. The molecule has 0 heteroatoms. The molecular weight excluding hydrogens is 204 g/mol. The SMILES string of the molecule is [CH2]CCC=CCCC=CCCCCCCCC. The first-order valence-electron chi connectivity index (χ1n) is 7.51. The third-order valence-electron chi connectivity index (χ3n) is 2.93. The molecule has 0 bridgehead atoms. The Morgan fingerprint density at radius 1 is 0.647 bits per heavy atom. The summed E-state index contributed by atoms with van der Waals surface area (Å²) in [6, 6.07) is 0. The molecule has 99 valence electrons. The number of hydrogen-bond donors (Lipinski definition) is 0. The Morgan fingerprint density at radius 3 is 1.82 bits per heavy atom. The van der Waals surface area contributed by atoms with Crippen molar-refractivity contribution < 1.29 is 0 Å². The van der Waals surface area contributed by atoms with Gasteiger partial charge in [0.25, 0.3) is 0 Å². The summed E-state index contributed by atoms with van der Waals surface area (Å²) in [6.45, 7) is 6.09. The third kappa shape index (κ3) is 15.5. The van der Waals surface area contributed by atoms with E-state index in [1.165, 1.54) is 57.8 Å².